The van der Waals surface area contributed by atoms with Crippen LogP contribution in [0.15, 0.2) is 112 Å². The monoisotopic (exact) mass is 499 g/mol. The van der Waals surface area contributed by atoms with Crippen LogP contribution in [-0.4, -0.2) is 18.1 Å². The summed E-state index contributed by atoms with van der Waals surface area (Å²) in [4.78, 5) is 13.8. The third kappa shape index (κ3) is 5.93. The molecule has 4 aromatic carbocycles. The minimum absolute atomic E-state index is 0.194. The summed E-state index contributed by atoms with van der Waals surface area (Å²) in [6.45, 7) is 0. The van der Waals surface area contributed by atoms with Gasteiger partial charge >= 0.3 is 33.3 Å². The summed E-state index contributed by atoms with van der Waals surface area (Å²) in [5.74, 6) is 0. The maximum atomic E-state index is 4.76. The van der Waals surface area contributed by atoms with Crippen molar-refractivity contribution in [3.05, 3.63) is 96.7 Å². The molecule has 1 heterocycles. The van der Waals surface area contributed by atoms with Gasteiger partial charge in [-0.25, -0.2) is 0 Å². The second-order valence-corrected chi connectivity index (χ2v) is 8.89. The van der Waals surface area contributed by atoms with Gasteiger partial charge in [-0.15, -0.1) is 0 Å². The Kier molecular flexibility index (Phi) is 7.87. The van der Waals surface area contributed by atoms with Gasteiger partial charge in [0.25, 0.3) is 0 Å². The molecular weight excluding hydrogens is 481 g/mol. The van der Waals surface area contributed by atoms with Crippen molar-refractivity contribution in [1.82, 2.24) is 0 Å². The third-order valence-corrected chi connectivity index (χ3v) is 4.97. The van der Waals surface area contributed by atoms with E-state index in [2.05, 4.69) is 69.6 Å². The average molecular weight is 500 g/mol. The van der Waals surface area contributed by atoms with Crippen LogP contribution in [0, 0.1) is 0 Å². The first-order valence-corrected chi connectivity index (χ1v) is 13.0. The van der Waals surface area contributed by atoms with E-state index in [9.17, 15) is 0 Å². The minimum atomic E-state index is 0.194. The predicted molar refractivity (Wildman–Crippen MR) is 136 cm³/mol. The van der Waals surface area contributed by atoms with Crippen LogP contribution in [0.4, 0.5) is 11.4 Å². The van der Waals surface area contributed by atoms with Crippen LogP contribution in [0.1, 0.15) is 6.42 Å². The number of hydrogen-bond donors (Lipinski definition) is 0. The van der Waals surface area contributed by atoms with Crippen molar-refractivity contribution >= 4 is 71.3 Å². The molecule has 0 aliphatic carbocycles. The number of halogens is 2. The van der Waals surface area contributed by atoms with Crippen LogP contribution >= 0.6 is 20.2 Å². The van der Waals surface area contributed by atoms with E-state index >= 15 is 0 Å². The molecule has 160 valence electrons. The molecule has 32 heavy (non-hydrogen) atoms. The van der Waals surface area contributed by atoms with Crippen molar-refractivity contribution in [2.75, 3.05) is 0 Å². The Hall–Kier alpha value is -2.75. The van der Waals surface area contributed by atoms with Crippen molar-refractivity contribution in [2.45, 2.75) is 6.42 Å². The molecule has 4 aromatic rings. The van der Waals surface area contributed by atoms with E-state index < -0.39 is 0 Å². The normalized spacial score (nSPS) is 13.6. The Morgan fingerprint density at radius 3 is 1.75 bits per heavy atom. The van der Waals surface area contributed by atoms with Crippen LogP contribution < -0.4 is 0 Å². The Labute approximate surface area is 201 Å². The molecule has 0 fully saturated rings. The molecule has 5 rings (SSSR count). The quantitative estimate of drug-likeness (QED) is 0.200. The number of allylic oxidation sites excluding steroid dienone is 2. The van der Waals surface area contributed by atoms with Gasteiger partial charge in [0, 0.05) is 12.6 Å². The first-order valence-electron chi connectivity index (χ1n) is 9.94. The summed E-state index contributed by atoms with van der Waals surface area (Å²) in [5.41, 5.74) is 3.68. The molecule has 0 unspecified atom stereocenters. The van der Waals surface area contributed by atoms with Crippen molar-refractivity contribution in [2.24, 2.45) is 15.0 Å². The van der Waals surface area contributed by atoms with Crippen molar-refractivity contribution in [3.63, 3.8) is 0 Å². The van der Waals surface area contributed by atoms with Crippen molar-refractivity contribution in [3.8, 4) is 0 Å². The van der Waals surface area contributed by atoms with Crippen LogP contribution in [0.3, 0.4) is 0 Å². The fraction of sp³-hybridized carbons (Fsp3) is 0.0385. The number of aliphatic imine (C=N–C) groups is 3. The maximum absolute atomic E-state index is 4.76. The van der Waals surface area contributed by atoms with Gasteiger partial charge in [-0.1, -0.05) is 66.7 Å². The number of rotatable bonds is 4. The molecule has 0 N–H and O–H groups in total. The van der Waals surface area contributed by atoms with Gasteiger partial charge < -0.3 is 0 Å². The molecule has 0 amide bonds. The number of benzene rings is 4. The molecular formula is C26H19Cl2FeN3. The SMILES string of the molecule is C(=Nc1ccc2ccccc2c1)C1=CCC(C=Nc2ccc3ccccc3c2)=N1.[Cl][Fe][Cl]. The molecule has 0 spiro atoms. The van der Waals surface area contributed by atoms with Gasteiger partial charge in [-0.05, 0) is 45.8 Å². The fourth-order valence-electron chi connectivity index (χ4n) is 3.43. The van der Waals surface area contributed by atoms with Crippen molar-refractivity contribution < 1.29 is 13.1 Å². The molecule has 1 aliphatic rings. The Balaban J connectivity index is 0.000000775. The van der Waals surface area contributed by atoms with Crippen LogP contribution in [0.2, 0.25) is 0 Å². The van der Waals surface area contributed by atoms with E-state index in [1.54, 1.807) is 0 Å². The summed E-state index contributed by atoms with van der Waals surface area (Å²) < 4.78 is 0. The van der Waals surface area contributed by atoms with E-state index in [-0.39, 0.29) is 13.1 Å². The molecule has 0 bridgehead atoms. The van der Waals surface area contributed by atoms with E-state index in [0.717, 1.165) is 29.2 Å². The van der Waals surface area contributed by atoms with Gasteiger partial charge in [0.15, 0.2) is 0 Å². The molecule has 6 heteroatoms. The second-order valence-electron chi connectivity index (χ2n) is 7.07. The zero-order valence-electron chi connectivity index (χ0n) is 17.0. The van der Waals surface area contributed by atoms with Crippen LogP contribution in [-0.2, 0) is 13.1 Å². The van der Waals surface area contributed by atoms with E-state index in [1.807, 2.05) is 48.8 Å². The summed E-state index contributed by atoms with van der Waals surface area (Å²) in [6, 6.07) is 29.0. The standard InChI is InChI=1S/C26H19N3.2ClH.Fe/c1-3-7-21-15-23(11-9-19(21)5-1)27-17-25-13-14-26(29-25)18-28-24-12-10-20-6-2-4-8-22(20)16-24;;;/h1-13,15-18H,14H2;2*1H;/q;;;+2/p-2. The molecule has 0 aromatic heterocycles. The number of hydrogen-bond acceptors (Lipinski definition) is 3. The Bertz CT molecular complexity index is 1360. The van der Waals surface area contributed by atoms with Gasteiger partial charge in [0.2, 0.25) is 0 Å². The molecule has 1 aliphatic heterocycles. The van der Waals surface area contributed by atoms with Gasteiger partial charge in [-0.2, -0.15) is 0 Å². The third-order valence-electron chi connectivity index (χ3n) is 4.97. The van der Waals surface area contributed by atoms with E-state index in [4.69, 9.17) is 20.2 Å². The van der Waals surface area contributed by atoms with Gasteiger partial charge in [0.05, 0.1) is 29.0 Å². The molecule has 0 saturated carbocycles. The van der Waals surface area contributed by atoms with Crippen LogP contribution in [0.25, 0.3) is 21.5 Å². The second kappa shape index (κ2) is 11.2. The summed E-state index contributed by atoms with van der Waals surface area (Å²) in [5, 5.41) is 4.82. The molecule has 0 radical (unpaired) electrons. The zero-order valence-corrected chi connectivity index (χ0v) is 19.6. The fourth-order valence-corrected chi connectivity index (χ4v) is 3.43. The summed E-state index contributed by atoms with van der Waals surface area (Å²) in [7, 11) is 9.53. The van der Waals surface area contributed by atoms with Crippen LogP contribution in [0.5, 0.6) is 0 Å². The average Bonchev–Trinajstić information content (AvgIpc) is 3.29. The van der Waals surface area contributed by atoms with E-state index in [0.29, 0.717) is 0 Å². The first kappa shape index (κ1) is 22.4. The summed E-state index contributed by atoms with van der Waals surface area (Å²) >= 11 is 0.194. The topological polar surface area (TPSA) is 37.1 Å². The number of nitrogens with zero attached hydrogens (tertiary/aromatic N) is 3. The first-order chi connectivity index (χ1) is 15.7. The zero-order chi connectivity index (χ0) is 22.2. The Morgan fingerprint density at radius 2 is 1.19 bits per heavy atom. The Morgan fingerprint density at radius 1 is 0.688 bits per heavy atom. The molecule has 0 atom stereocenters. The van der Waals surface area contributed by atoms with Gasteiger partial charge in [0.1, 0.15) is 0 Å². The molecule has 3 nitrogen and oxygen atoms in total. The summed E-state index contributed by atoms with van der Waals surface area (Å²) in [6.07, 6.45) is 6.51. The molecule has 0 saturated heterocycles. The van der Waals surface area contributed by atoms with Gasteiger partial charge in [-0.3, -0.25) is 15.0 Å². The number of fused-ring (bicyclic) bond motifs is 2. The van der Waals surface area contributed by atoms with Crippen molar-refractivity contribution in [1.29, 1.82) is 0 Å². The predicted octanol–water partition coefficient (Wildman–Crippen LogP) is 8.20. The van der Waals surface area contributed by atoms with E-state index in [1.165, 1.54) is 21.5 Å².